The maximum Gasteiger partial charge on any atom is 0.210 e. The summed E-state index contributed by atoms with van der Waals surface area (Å²) in [5.41, 5.74) is 2.09. The van der Waals surface area contributed by atoms with Crippen molar-refractivity contribution < 1.29 is 4.79 Å². The van der Waals surface area contributed by atoms with E-state index in [1.807, 2.05) is 23.1 Å². The fourth-order valence-electron chi connectivity index (χ4n) is 2.62. The molecule has 1 aromatic carbocycles. The third-order valence-electron chi connectivity index (χ3n) is 3.69. The number of benzene rings is 1. The number of nitrogens with one attached hydrogen (secondary N) is 1. The highest BCUT2D eigenvalue weighted by atomic mass is 32.1. The van der Waals surface area contributed by atoms with Crippen LogP contribution in [0.5, 0.6) is 0 Å². The second-order valence-electron chi connectivity index (χ2n) is 5.57. The summed E-state index contributed by atoms with van der Waals surface area (Å²) < 4.78 is 0. The molecular formula is C18H25N3OS. The van der Waals surface area contributed by atoms with Crippen LogP contribution in [-0.2, 0) is 11.3 Å². The highest BCUT2D eigenvalue weighted by molar-refractivity contribution is 7.09. The highest BCUT2D eigenvalue weighted by Gasteiger charge is 2.13. The van der Waals surface area contributed by atoms with E-state index in [0.717, 1.165) is 48.6 Å². The van der Waals surface area contributed by atoms with Crippen LogP contribution in [0.25, 0.3) is 11.3 Å². The average molecular weight is 331 g/mol. The molecule has 1 N–H and O–H groups in total. The molecule has 0 saturated carbocycles. The van der Waals surface area contributed by atoms with E-state index in [0.29, 0.717) is 12.6 Å². The molecule has 124 valence electrons. The van der Waals surface area contributed by atoms with E-state index >= 15 is 0 Å². The monoisotopic (exact) mass is 331 g/mol. The molecule has 5 heteroatoms. The molecule has 0 saturated heterocycles. The Morgan fingerprint density at radius 1 is 1.30 bits per heavy atom. The zero-order valence-electron chi connectivity index (χ0n) is 13.9. The number of carbonyl (C=O) groups is 1. The molecule has 23 heavy (non-hydrogen) atoms. The Bertz CT molecular complexity index is 579. The van der Waals surface area contributed by atoms with Gasteiger partial charge in [0.25, 0.3) is 0 Å². The van der Waals surface area contributed by atoms with Crippen LogP contribution in [0.2, 0.25) is 0 Å². The Kier molecular flexibility index (Phi) is 7.23. The van der Waals surface area contributed by atoms with E-state index in [1.54, 1.807) is 11.3 Å². The number of likely N-dealkylation sites (N-methyl/N-ethyl adjacent to an activating group) is 1. The van der Waals surface area contributed by atoms with Gasteiger partial charge in [0.15, 0.2) is 0 Å². The molecule has 1 atom stereocenters. The van der Waals surface area contributed by atoms with Crippen LogP contribution in [0.3, 0.4) is 0 Å². The summed E-state index contributed by atoms with van der Waals surface area (Å²) in [7, 11) is 0. The zero-order chi connectivity index (χ0) is 16.5. The van der Waals surface area contributed by atoms with E-state index in [4.69, 9.17) is 0 Å². The predicted molar refractivity (Wildman–Crippen MR) is 96.4 cm³/mol. The molecule has 1 heterocycles. The van der Waals surface area contributed by atoms with Gasteiger partial charge in [-0.05, 0) is 13.0 Å². The molecule has 1 aromatic heterocycles. The fraction of sp³-hybridized carbons (Fsp3) is 0.444. The molecule has 2 aromatic rings. The van der Waals surface area contributed by atoms with Crippen molar-refractivity contribution in [2.24, 2.45) is 0 Å². The lowest BCUT2D eigenvalue weighted by Crippen LogP contribution is -2.40. The summed E-state index contributed by atoms with van der Waals surface area (Å²) in [6, 6.07) is 10.5. The van der Waals surface area contributed by atoms with Crippen LogP contribution >= 0.6 is 11.3 Å². The van der Waals surface area contributed by atoms with E-state index in [2.05, 4.69) is 41.7 Å². The van der Waals surface area contributed by atoms with Gasteiger partial charge in [-0.3, -0.25) is 4.79 Å². The standard InChI is InChI=1S/C18H25N3OS/c1-3-8-16(19-4-2)11-21(14-22)12-18-20-17(13-23-18)15-9-6-5-7-10-15/h5-7,9-10,13-14,16,19H,3-4,8,11-12H2,1-2H3/t16-/m0/s1. The first-order chi connectivity index (χ1) is 11.3. The number of amides is 1. The molecule has 0 radical (unpaired) electrons. The first-order valence-electron chi connectivity index (χ1n) is 8.19. The zero-order valence-corrected chi connectivity index (χ0v) is 14.7. The first kappa shape index (κ1) is 17.6. The van der Waals surface area contributed by atoms with Crippen molar-refractivity contribution in [2.75, 3.05) is 13.1 Å². The van der Waals surface area contributed by atoms with E-state index in [-0.39, 0.29) is 0 Å². The second-order valence-corrected chi connectivity index (χ2v) is 6.51. The fourth-order valence-corrected chi connectivity index (χ4v) is 3.45. The van der Waals surface area contributed by atoms with Crippen LogP contribution in [0, 0.1) is 0 Å². The Labute approximate surface area is 142 Å². The lowest BCUT2D eigenvalue weighted by atomic mass is 10.1. The Balaban J connectivity index is 1.99. The molecule has 2 rings (SSSR count). The Morgan fingerprint density at radius 2 is 2.09 bits per heavy atom. The van der Waals surface area contributed by atoms with Gasteiger partial charge in [0.1, 0.15) is 5.01 Å². The van der Waals surface area contributed by atoms with Crippen LogP contribution in [0.15, 0.2) is 35.7 Å². The quantitative estimate of drug-likeness (QED) is 0.677. The maximum atomic E-state index is 11.4. The summed E-state index contributed by atoms with van der Waals surface area (Å²) in [6.07, 6.45) is 3.12. The van der Waals surface area contributed by atoms with Crippen LogP contribution in [0.1, 0.15) is 31.7 Å². The minimum atomic E-state index is 0.351. The summed E-state index contributed by atoms with van der Waals surface area (Å²) >= 11 is 1.61. The molecule has 1 amide bonds. The smallest absolute Gasteiger partial charge is 0.210 e. The Hall–Kier alpha value is -1.72. The van der Waals surface area contributed by atoms with E-state index in [9.17, 15) is 4.79 Å². The number of thiazole rings is 1. The van der Waals surface area contributed by atoms with Crippen molar-refractivity contribution in [1.29, 1.82) is 0 Å². The van der Waals surface area contributed by atoms with Gasteiger partial charge in [0.05, 0.1) is 12.2 Å². The van der Waals surface area contributed by atoms with Crippen molar-refractivity contribution in [3.05, 3.63) is 40.7 Å². The normalized spacial score (nSPS) is 12.1. The first-order valence-corrected chi connectivity index (χ1v) is 9.07. The minimum Gasteiger partial charge on any atom is -0.337 e. The highest BCUT2D eigenvalue weighted by Crippen LogP contribution is 2.22. The van der Waals surface area contributed by atoms with Gasteiger partial charge in [0.2, 0.25) is 6.41 Å². The lowest BCUT2D eigenvalue weighted by Gasteiger charge is -2.24. The third-order valence-corrected chi connectivity index (χ3v) is 4.53. The SMILES string of the molecule is CCC[C@@H](CN(C=O)Cc1nc(-c2ccccc2)cs1)NCC. The maximum absolute atomic E-state index is 11.4. The number of carbonyl (C=O) groups excluding carboxylic acids is 1. The van der Waals surface area contributed by atoms with Crippen molar-refractivity contribution in [2.45, 2.75) is 39.3 Å². The van der Waals surface area contributed by atoms with Crippen LogP contribution in [-0.4, -0.2) is 35.4 Å². The number of hydrogen-bond donors (Lipinski definition) is 1. The van der Waals surface area contributed by atoms with Crippen LogP contribution < -0.4 is 5.32 Å². The van der Waals surface area contributed by atoms with Gasteiger partial charge >= 0.3 is 0 Å². The van der Waals surface area contributed by atoms with Gasteiger partial charge in [-0.25, -0.2) is 4.98 Å². The molecule has 0 spiro atoms. The summed E-state index contributed by atoms with van der Waals surface area (Å²) in [6.45, 7) is 6.49. The lowest BCUT2D eigenvalue weighted by molar-refractivity contribution is -0.119. The van der Waals surface area contributed by atoms with Crippen molar-refractivity contribution in [3.63, 3.8) is 0 Å². The van der Waals surface area contributed by atoms with Crippen molar-refractivity contribution in [3.8, 4) is 11.3 Å². The Morgan fingerprint density at radius 3 is 2.74 bits per heavy atom. The molecule has 0 aliphatic heterocycles. The summed E-state index contributed by atoms with van der Waals surface area (Å²) in [4.78, 5) is 17.9. The summed E-state index contributed by atoms with van der Waals surface area (Å²) in [5, 5.41) is 6.48. The number of aromatic nitrogens is 1. The van der Waals surface area contributed by atoms with Gasteiger partial charge in [-0.2, -0.15) is 0 Å². The van der Waals surface area contributed by atoms with Gasteiger partial charge in [0, 0.05) is 23.5 Å². The molecule has 0 aliphatic rings. The molecule has 0 fully saturated rings. The van der Waals surface area contributed by atoms with Crippen LogP contribution in [0.4, 0.5) is 0 Å². The molecule has 4 nitrogen and oxygen atoms in total. The number of rotatable bonds is 10. The second kappa shape index (κ2) is 9.43. The van der Waals surface area contributed by atoms with Gasteiger partial charge in [-0.1, -0.05) is 50.6 Å². The summed E-state index contributed by atoms with van der Waals surface area (Å²) in [5.74, 6) is 0. The van der Waals surface area contributed by atoms with E-state index in [1.165, 1.54) is 0 Å². The minimum absolute atomic E-state index is 0.351. The largest absolute Gasteiger partial charge is 0.337 e. The molecular weight excluding hydrogens is 306 g/mol. The number of hydrogen-bond acceptors (Lipinski definition) is 4. The topological polar surface area (TPSA) is 45.2 Å². The predicted octanol–water partition coefficient (Wildman–Crippen LogP) is 3.55. The van der Waals surface area contributed by atoms with Crippen molar-refractivity contribution in [1.82, 2.24) is 15.2 Å². The molecule has 0 bridgehead atoms. The third kappa shape index (κ3) is 5.44. The van der Waals surface area contributed by atoms with E-state index < -0.39 is 0 Å². The average Bonchev–Trinajstić information content (AvgIpc) is 3.04. The molecule has 0 aliphatic carbocycles. The van der Waals surface area contributed by atoms with Gasteiger partial charge in [-0.15, -0.1) is 11.3 Å². The molecule has 0 unspecified atom stereocenters. The number of nitrogens with zero attached hydrogens (tertiary/aromatic N) is 2. The van der Waals surface area contributed by atoms with Crippen molar-refractivity contribution >= 4 is 17.7 Å². The van der Waals surface area contributed by atoms with Gasteiger partial charge < -0.3 is 10.2 Å².